The van der Waals surface area contributed by atoms with Gasteiger partial charge >= 0.3 is 0 Å². The van der Waals surface area contributed by atoms with Gasteiger partial charge in [-0.1, -0.05) is 24.6 Å². The minimum absolute atomic E-state index is 0.412. The lowest BCUT2D eigenvalue weighted by Crippen LogP contribution is -3.17. The molecule has 1 atom stereocenters. The summed E-state index contributed by atoms with van der Waals surface area (Å²) in [7, 11) is -3.31. The van der Waals surface area contributed by atoms with Gasteiger partial charge in [0.1, 0.15) is 0 Å². The summed E-state index contributed by atoms with van der Waals surface area (Å²) in [6.45, 7) is 9.43. The molecule has 0 bridgehead atoms. The van der Waals surface area contributed by atoms with E-state index in [4.69, 9.17) is 0 Å². The molecule has 1 aliphatic heterocycles. The molecule has 1 aromatic carbocycles. The predicted molar refractivity (Wildman–Crippen MR) is 80.4 cm³/mol. The van der Waals surface area contributed by atoms with Gasteiger partial charge in [0.15, 0.2) is 0 Å². The second-order valence-corrected chi connectivity index (χ2v) is 7.62. The van der Waals surface area contributed by atoms with Crippen LogP contribution < -0.4 is 4.90 Å². The van der Waals surface area contributed by atoms with Crippen molar-refractivity contribution in [2.75, 3.05) is 26.2 Å². The normalized spacial score (nSPS) is 19.9. The summed E-state index contributed by atoms with van der Waals surface area (Å²) in [5.41, 5.74) is 1.08. The van der Waals surface area contributed by atoms with Crippen LogP contribution in [0.1, 0.15) is 25.8 Å². The number of piperazine rings is 1. The van der Waals surface area contributed by atoms with Crippen LogP contribution in [-0.2, 0) is 10.0 Å². The summed E-state index contributed by atoms with van der Waals surface area (Å²) >= 11 is 0. The fourth-order valence-corrected chi connectivity index (χ4v) is 4.10. The van der Waals surface area contributed by atoms with Gasteiger partial charge in [-0.15, -0.1) is 0 Å². The average Bonchev–Trinajstić information content (AvgIpc) is 2.47. The van der Waals surface area contributed by atoms with E-state index in [1.54, 1.807) is 16.4 Å². The van der Waals surface area contributed by atoms with E-state index in [-0.39, 0.29) is 0 Å². The van der Waals surface area contributed by atoms with Crippen molar-refractivity contribution in [2.24, 2.45) is 0 Å². The molecule has 2 rings (SSSR count). The molecule has 0 spiro atoms. The lowest BCUT2D eigenvalue weighted by Gasteiger charge is -2.34. The van der Waals surface area contributed by atoms with E-state index in [1.165, 1.54) is 4.90 Å². The molecule has 1 aliphatic rings. The number of hydrogen-bond acceptors (Lipinski definition) is 2. The maximum Gasteiger partial charge on any atom is 0.243 e. The second-order valence-electron chi connectivity index (χ2n) is 5.68. The monoisotopic (exact) mass is 297 g/mol. The van der Waals surface area contributed by atoms with E-state index in [0.29, 0.717) is 24.0 Å². The highest BCUT2D eigenvalue weighted by Crippen LogP contribution is 2.16. The van der Waals surface area contributed by atoms with E-state index in [0.717, 1.165) is 25.1 Å². The van der Waals surface area contributed by atoms with Crippen molar-refractivity contribution in [3.8, 4) is 0 Å². The summed E-state index contributed by atoms with van der Waals surface area (Å²) < 4.78 is 26.8. The van der Waals surface area contributed by atoms with Gasteiger partial charge in [-0.3, -0.25) is 0 Å². The van der Waals surface area contributed by atoms with E-state index < -0.39 is 10.0 Å². The number of nitrogens with one attached hydrogen (secondary N) is 1. The summed E-state index contributed by atoms with van der Waals surface area (Å²) in [4.78, 5) is 1.93. The Hall–Kier alpha value is -0.910. The molecular formula is C15H25N2O2S+. The summed E-state index contributed by atoms with van der Waals surface area (Å²) in [6, 6.07) is 7.73. The van der Waals surface area contributed by atoms with Gasteiger partial charge in [0.05, 0.1) is 37.1 Å². The van der Waals surface area contributed by atoms with Crippen molar-refractivity contribution in [1.82, 2.24) is 4.31 Å². The first-order valence-corrected chi connectivity index (χ1v) is 8.80. The van der Waals surface area contributed by atoms with Gasteiger partial charge in [-0.2, -0.15) is 4.31 Å². The molecule has 5 heteroatoms. The van der Waals surface area contributed by atoms with Crippen molar-refractivity contribution in [3.63, 3.8) is 0 Å². The van der Waals surface area contributed by atoms with E-state index in [2.05, 4.69) is 13.8 Å². The zero-order chi connectivity index (χ0) is 14.8. The van der Waals surface area contributed by atoms with Crippen LogP contribution in [0.4, 0.5) is 0 Å². The highest BCUT2D eigenvalue weighted by atomic mass is 32.2. The molecule has 1 aromatic rings. The molecule has 0 amide bonds. The van der Waals surface area contributed by atoms with Crippen LogP contribution in [0, 0.1) is 6.92 Å². The molecule has 112 valence electrons. The van der Waals surface area contributed by atoms with Gasteiger partial charge in [0.25, 0.3) is 0 Å². The second kappa shape index (κ2) is 6.24. The predicted octanol–water partition coefficient (Wildman–Crippen LogP) is 0.683. The van der Waals surface area contributed by atoms with Crippen LogP contribution in [0.25, 0.3) is 0 Å². The largest absolute Gasteiger partial charge is 0.331 e. The van der Waals surface area contributed by atoms with Gasteiger partial charge in [0.2, 0.25) is 10.0 Å². The molecule has 0 unspecified atom stereocenters. The van der Waals surface area contributed by atoms with Crippen LogP contribution in [0.15, 0.2) is 29.2 Å². The molecule has 0 saturated carbocycles. The number of rotatable bonds is 4. The third-order valence-electron chi connectivity index (χ3n) is 4.33. The Labute approximate surface area is 122 Å². The quantitative estimate of drug-likeness (QED) is 0.888. The first-order valence-electron chi connectivity index (χ1n) is 7.36. The maximum absolute atomic E-state index is 12.6. The van der Waals surface area contributed by atoms with Crippen LogP contribution >= 0.6 is 0 Å². The average molecular weight is 297 g/mol. The Morgan fingerprint density at radius 3 is 2.25 bits per heavy atom. The first kappa shape index (κ1) is 15.5. The smallest absolute Gasteiger partial charge is 0.243 e. The van der Waals surface area contributed by atoms with Crippen molar-refractivity contribution in [2.45, 2.75) is 38.1 Å². The van der Waals surface area contributed by atoms with Crippen molar-refractivity contribution >= 4 is 10.0 Å². The molecule has 0 aliphatic carbocycles. The third kappa shape index (κ3) is 3.22. The number of aryl methyl sites for hydroxylation is 1. The van der Waals surface area contributed by atoms with E-state index in [1.807, 2.05) is 19.1 Å². The van der Waals surface area contributed by atoms with Crippen molar-refractivity contribution in [3.05, 3.63) is 29.8 Å². The van der Waals surface area contributed by atoms with Crippen LogP contribution in [0.3, 0.4) is 0 Å². The molecule has 20 heavy (non-hydrogen) atoms. The Balaban J connectivity index is 2.07. The van der Waals surface area contributed by atoms with Crippen LogP contribution in [0.5, 0.6) is 0 Å². The Morgan fingerprint density at radius 1 is 1.20 bits per heavy atom. The minimum Gasteiger partial charge on any atom is -0.331 e. The summed E-state index contributed by atoms with van der Waals surface area (Å²) in [6.07, 6.45) is 1.14. The third-order valence-corrected chi connectivity index (χ3v) is 6.25. The lowest BCUT2D eigenvalue weighted by atomic mass is 10.2. The summed E-state index contributed by atoms with van der Waals surface area (Å²) in [5.74, 6) is 0. The number of quaternary nitrogens is 1. The van der Waals surface area contributed by atoms with Gasteiger partial charge in [0, 0.05) is 0 Å². The number of hydrogen-bond donors (Lipinski definition) is 1. The maximum atomic E-state index is 12.6. The lowest BCUT2D eigenvalue weighted by molar-refractivity contribution is -0.927. The fraction of sp³-hybridized carbons (Fsp3) is 0.600. The first-order chi connectivity index (χ1) is 9.45. The van der Waals surface area contributed by atoms with Crippen LogP contribution in [0.2, 0.25) is 0 Å². The number of nitrogens with zero attached hydrogens (tertiary/aromatic N) is 1. The standard InChI is InChI=1S/C15H24N2O2S/c1-4-14(3)16-9-11-17(12-10-16)20(18,19)15-7-5-13(2)6-8-15/h5-8,14H,4,9-12H2,1-3H3/p+1/t14-/m0/s1. The summed E-state index contributed by atoms with van der Waals surface area (Å²) in [5, 5.41) is 0. The van der Waals surface area contributed by atoms with Crippen molar-refractivity contribution < 1.29 is 13.3 Å². The van der Waals surface area contributed by atoms with Crippen LogP contribution in [-0.4, -0.2) is 44.9 Å². The van der Waals surface area contributed by atoms with E-state index in [9.17, 15) is 8.42 Å². The molecule has 1 fully saturated rings. The van der Waals surface area contributed by atoms with Gasteiger partial charge in [-0.25, -0.2) is 8.42 Å². The highest BCUT2D eigenvalue weighted by Gasteiger charge is 2.31. The fourth-order valence-electron chi connectivity index (χ4n) is 2.65. The molecule has 1 saturated heterocycles. The number of benzene rings is 1. The SMILES string of the molecule is CC[C@H](C)[NH+]1CCN(S(=O)(=O)c2ccc(C)cc2)CC1. The molecule has 0 aromatic heterocycles. The minimum atomic E-state index is -3.31. The Morgan fingerprint density at radius 2 is 1.75 bits per heavy atom. The topological polar surface area (TPSA) is 41.8 Å². The molecule has 0 radical (unpaired) electrons. The number of sulfonamides is 1. The zero-order valence-electron chi connectivity index (χ0n) is 12.6. The van der Waals surface area contributed by atoms with E-state index >= 15 is 0 Å². The molecule has 4 nitrogen and oxygen atoms in total. The Bertz CT molecular complexity index is 531. The molecular weight excluding hydrogens is 272 g/mol. The molecule has 1 N–H and O–H groups in total. The highest BCUT2D eigenvalue weighted by molar-refractivity contribution is 7.89. The van der Waals surface area contributed by atoms with Gasteiger partial charge in [-0.05, 0) is 32.4 Å². The van der Waals surface area contributed by atoms with Gasteiger partial charge < -0.3 is 4.90 Å². The molecule has 1 heterocycles. The Kier molecular flexibility index (Phi) is 4.83. The zero-order valence-corrected chi connectivity index (χ0v) is 13.4. The van der Waals surface area contributed by atoms with Crippen molar-refractivity contribution in [1.29, 1.82) is 0 Å².